The summed E-state index contributed by atoms with van der Waals surface area (Å²) in [4.78, 5) is 0. The minimum atomic E-state index is 0.403. The Balaban J connectivity index is 0. The van der Waals surface area contributed by atoms with Gasteiger partial charge in [0.15, 0.2) is 0 Å². The van der Waals surface area contributed by atoms with Gasteiger partial charge >= 0.3 is 0 Å². The van der Waals surface area contributed by atoms with Crippen molar-refractivity contribution in [3.05, 3.63) is 0 Å². The highest BCUT2D eigenvalue weighted by molar-refractivity contribution is 4.49. The fourth-order valence-electron chi connectivity index (χ4n) is 0.204. The van der Waals surface area contributed by atoms with E-state index in [4.69, 9.17) is 1.37 Å². The smallest absolute Gasteiger partial charge is 0.0246 e. The van der Waals surface area contributed by atoms with Gasteiger partial charge in [0.25, 0.3) is 0 Å². The van der Waals surface area contributed by atoms with Crippen molar-refractivity contribution in [1.29, 1.82) is 0 Å². The Kier molecular flexibility index (Phi) is 10.7. The van der Waals surface area contributed by atoms with Crippen LogP contribution in [0.25, 0.3) is 0 Å². The van der Waals surface area contributed by atoms with Crippen LogP contribution in [0.1, 0.15) is 21.6 Å². The van der Waals surface area contributed by atoms with Crippen LogP contribution in [-0.2, 0) is 0 Å². The van der Waals surface area contributed by atoms with E-state index in [9.17, 15) is 0 Å². The van der Waals surface area contributed by atoms with Gasteiger partial charge in [-0.1, -0.05) is 6.92 Å². The van der Waals surface area contributed by atoms with Gasteiger partial charge in [-0.3, -0.25) is 0 Å². The van der Waals surface area contributed by atoms with Gasteiger partial charge in [-0.25, -0.2) is 0 Å². The summed E-state index contributed by atoms with van der Waals surface area (Å²) in [6.45, 7) is 2.57. The molecule has 0 heterocycles. The highest BCUT2D eigenvalue weighted by atomic mass is 14.8. The minimum Gasteiger partial charge on any atom is -0.323 e. The van der Waals surface area contributed by atoms with E-state index in [1.807, 2.05) is 21.1 Å². The van der Waals surface area contributed by atoms with Crippen LogP contribution in [0.5, 0.6) is 0 Å². The zero-order valence-electron chi connectivity index (χ0n) is 7.99. The number of hydrogen-bond acceptors (Lipinski definition) is 2. The molecule has 58 valence electrons. The average molecular weight is 134 g/mol. The van der Waals surface area contributed by atoms with E-state index >= 15 is 0 Å². The first-order chi connectivity index (χ1) is 4.76. The molecule has 0 aliphatic carbocycles. The van der Waals surface area contributed by atoms with Crippen molar-refractivity contribution < 1.29 is 1.37 Å². The van der Waals surface area contributed by atoms with Gasteiger partial charge in [0, 0.05) is 7.41 Å². The molecule has 0 amide bonds. The first-order valence-electron chi connectivity index (χ1n) is 4.02. The van der Waals surface area contributed by atoms with Gasteiger partial charge in [0.1, 0.15) is 0 Å². The lowest BCUT2D eigenvalue weighted by atomic mass is 10.3. The Hall–Kier alpha value is -0.0800. The van der Waals surface area contributed by atoms with Crippen LogP contribution in [0.15, 0.2) is 0 Å². The molecule has 0 rings (SSSR count). The summed E-state index contributed by atoms with van der Waals surface area (Å²) in [6, 6.07) is 0.403. The van der Waals surface area contributed by atoms with E-state index in [-0.39, 0.29) is 0 Å². The first-order valence-corrected chi connectivity index (χ1v) is 3.31. The largest absolute Gasteiger partial charge is 0.323 e. The zero-order chi connectivity index (χ0) is 8.41. The Bertz CT molecular complexity index is 41.4. The van der Waals surface area contributed by atoms with Gasteiger partial charge in [-0.2, -0.15) is 0 Å². The Morgan fingerprint density at radius 2 is 1.89 bits per heavy atom. The molecule has 0 saturated heterocycles. The van der Waals surface area contributed by atoms with E-state index in [1.54, 1.807) is 0 Å². The fraction of sp³-hybridized carbons (Fsp3) is 1.00. The molecule has 0 aliphatic rings. The average Bonchev–Trinajstić information content (AvgIpc) is 1.93. The highest BCUT2D eigenvalue weighted by Gasteiger charge is 1.86. The molecule has 9 heavy (non-hydrogen) atoms. The topological polar surface area (TPSA) is 24.1 Å². The molecule has 0 fully saturated rings. The van der Waals surface area contributed by atoms with Crippen molar-refractivity contribution in [3.63, 3.8) is 0 Å². The number of nitrogens with one attached hydrogen (secondary N) is 2. The van der Waals surface area contributed by atoms with Crippen molar-refractivity contribution >= 4 is 0 Å². The standard InChI is InChI=1S/C5H13N.C2H7N/c1-4-5(2)6-3;1-3-2/h5-6H,4H2,1-3H3;3H,1-2H3/i2T;. The van der Waals surface area contributed by atoms with Gasteiger partial charge in [-0.05, 0) is 34.5 Å². The van der Waals surface area contributed by atoms with Crippen LogP contribution in [0.2, 0.25) is 0 Å². The van der Waals surface area contributed by atoms with Crippen molar-refractivity contribution in [1.82, 2.24) is 10.6 Å². The van der Waals surface area contributed by atoms with Crippen LogP contribution in [0.3, 0.4) is 0 Å². The molecule has 0 aliphatic heterocycles. The molecule has 2 N–H and O–H groups in total. The van der Waals surface area contributed by atoms with Gasteiger partial charge in [0.05, 0.1) is 0 Å². The first kappa shape index (κ1) is 8.92. The zero-order valence-corrected chi connectivity index (χ0v) is 6.99. The molecule has 0 bridgehead atoms. The maximum Gasteiger partial charge on any atom is 0.0246 e. The normalized spacial score (nSPS) is 13.1. The van der Waals surface area contributed by atoms with Crippen molar-refractivity contribution in [3.8, 4) is 0 Å². The summed E-state index contributed by atoms with van der Waals surface area (Å²) in [5.41, 5.74) is 0. The molecule has 0 radical (unpaired) electrons. The van der Waals surface area contributed by atoms with E-state index in [1.165, 1.54) is 0 Å². The lowest BCUT2D eigenvalue weighted by molar-refractivity contribution is 0.593. The number of rotatable bonds is 2. The molecular weight excluding hydrogens is 112 g/mol. The molecule has 2 nitrogen and oxygen atoms in total. The van der Waals surface area contributed by atoms with Crippen molar-refractivity contribution in [2.45, 2.75) is 26.3 Å². The van der Waals surface area contributed by atoms with E-state index in [0.29, 0.717) is 12.9 Å². The second-order valence-corrected chi connectivity index (χ2v) is 1.89. The predicted molar refractivity (Wildman–Crippen MR) is 43.8 cm³/mol. The lowest BCUT2D eigenvalue weighted by Crippen LogP contribution is -2.19. The van der Waals surface area contributed by atoms with Gasteiger partial charge in [-0.15, -0.1) is 0 Å². The number of hydrogen-bond donors (Lipinski definition) is 2. The van der Waals surface area contributed by atoms with Crippen LogP contribution in [0, 0.1) is 0 Å². The summed E-state index contributed by atoms with van der Waals surface area (Å²) in [6.07, 6.45) is 1.06. The molecule has 2 heteroatoms. The second-order valence-electron chi connectivity index (χ2n) is 1.89. The molecule has 0 spiro atoms. The summed E-state index contributed by atoms with van der Waals surface area (Å²) in [5.74, 6) is 0. The van der Waals surface area contributed by atoms with Crippen LogP contribution >= 0.6 is 0 Å². The fourth-order valence-corrected chi connectivity index (χ4v) is 0.204. The third kappa shape index (κ3) is 18.1. The minimum absolute atomic E-state index is 0.403. The summed E-state index contributed by atoms with van der Waals surface area (Å²) in [5, 5.41) is 5.76. The summed E-state index contributed by atoms with van der Waals surface area (Å²) >= 11 is 0. The maximum absolute atomic E-state index is 6.90. The van der Waals surface area contributed by atoms with Gasteiger partial charge in [0.2, 0.25) is 0 Å². The van der Waals surface area contributed by atoms with Crippen LogP contribution < -0.4 is 10.6 Å². The molecule has 0 aromatic carbocycles. The quantitative estimate of drug-likeness (QED) is 0.585. The van der Waals surface area contributed by atoms with Gasteiger partial charge < -0.3 is 10.6 Å². The lowest BCUT2D eigenvalue weighted by Gasteiger charge is -2.02. The van der Waals surface area contributed by atoms with Crippen LogP contribution in [0.4, 0.5) is 0 Å². The third-order valence-electron chi connectivity index (χ3n) is 0.901. The predicted octanol–water partition coefficient (Wildman–Crippen LogP) is 0.840. The van der Waals surface area contributed by atoms with Crippen molar-refractivity contribution in [2.75, 3.05) is 21.1 Å². The summed E-state index contributed by atoms with van der Waals surface area (Å²) < 4.78 is 6.90. The third-order valence-corrected chi connectivity index (χ3v) is 0.901. The molecule has 0 aromatic rings. The van der Waals surface area contributed by atoms with E-state index < -0.39 is 0 Å². The highest BCUT2D eigenvalue weighted by Crippen LogP contribution is 1.82. The van der Waals surface area contributed by atoms with Crippen molar-refractivity contribution in [2.24, 2.45) is 0 Å². The maximum atomic E-state index is 6.90. The molecular formula is C7H20N2. The SMILES string of the molecule is CNC.[3H]CC(CC)NC. The molecule has 0 saturated carbocycles. The van der Waals surface area contributed by atoms with E-state index in [2.05, 4.69) is 17.6 Å². The Morgan fingerprint density at radius 3 is 1.89 bits per heavy atom. The van der Waals surface area contributed by atoms with E-state index in [0.717, 1.165) is 6.42 Å². The monoisotopic (exact) mass is 134 g/mol. The Labute approximate surface area is 60.4 Å². The second kappa shape index (κ2) is 10.8. The Morgan fingerprint density at radius 1 is 1.44 bits per heavy atom. The summed E-state index contributed by atoms with van der Waals surface area (Å²) in [7, 11) is 5.64. The molecule has 0 aromatic heterocycles. The molecule has 1 unspecified atom stereocenters. The molecule has 1 atom stereocenters. The van der Waals surface area contributed by atoms with Crippen LogP contribution in [-0.4, -0.2) is 27.2 Å².